The summed E-state index contributed by atoms with van der Waals surface area (Å²) in [4.78, 5) is 0. The first-order valence-electron chi connectivity index (χ1n) is 5.34. The van der Waals surface area contributed by atoms with Crippen LogP contribution in [0.15, 0.2) is 18.2 Å². The van der Waals surface area contributed by atoms with Crippen LogP contribution in [0.3, 0.4) is 0 Å². The van der Waals surface area contributed by atoms with Gasteiger partial charge in [0.1, 0.15) is 5.82 Å². The molecule has 0 amide bonds. The predicted octanol–water partition coefficient (Wildman–Crippen LogP) is 1.77. The Kier molecular flexibility index (Phi) is 1.61. The second kappa shape index (κ2) is 2.60. The maximum atomic E-state index is 13.8. The SMILES string of the molecule is Cc1ccc(C23CC(NN)(C2)C3)c(F)c1. The molecule has 0 aliphatic heterocycles. The quantitative estimate of drug-likeness (QED) is 0.571. The zero-order valence-electron chi connectivity index (χ0n) is 8.81. The number of halogens is 1. The highest BCUT2D eigenvalue weighted by atomic mass is 19.1. The number of hydrogen-bond donors (Lipinski definition) is 2. The normalized spacial score (nSPS) is 37.0. The van der Waals surface area contributed by atoms with E-state index in [0.717, 1.165) is 30.4 Å². The molecule has 2 bridgehead atoms. The molecule has 3 N–H and O–H groups in total. The van der Waals surface area contributed by atoms with Crippen molar-refractivity contribution in [3.8, 4) is 0 Å². The Hall–Kier alpha value is -0.930. The molecule has 0 atom stereocenters. The van der Waals surface area contributed by atoms with Crippen LogP contribution in [0.1, 0.15) is 30.4 Å². The molecule has 4 rings (SSSR count). The molecule has 3 aliphatic rings. The summed E-state index contributed by atoms with van der Waals surface area (Å²) < 4.78 is 13.8. The molecule has 0 spiro atoms. The number of aryl methyl sites for hydroxylation is 1. The lowest BCUT2D eigenvalue weighted by Gasteiger charge is -2.70. The first kappa shape index (κ1) is 9.31. The zero-order valence-corrected chi connectivity index (χ0v) is 8.81. The lowest BCUT2D eigenvalue weighted by molar-refractivity contribution is -0.0901. The van der Waals surface area contributed by atoms with Gasteiger partial charge in [-0.15, -0.1) is 0 Å². The lowest BCUT2D eigenvalue weighted by Crippen LogP contribution is -2.77. The van der Waals surface area contributed by atoms with Crippen molar-refractivity contribution in [1.82, 2.24) is 5.43 Å². The van der Waals surface area contributed by atoms with Gasteiger partial charge in [-0.3, -0.25) is 11.3 Å². The van der Waals surface area contributed by atoms with Gasteiger partial charge in [0, 0.05) is 11.0 Å². The number of benzene rings is 1. The zero-order chi connectivity index (χ0) is 10.7. The van der Waals surface area contributed by atoms with Gasteiger partial charge >= 0.3 is 0 Å². The fourth-order valence-corrected chi connectivity index (χ4v) is 3.28. The van der Waals surface area contributed by atoms with Crippen LogP contribution in [0.2, 0.25) is 0 Å². The van der Waals surface area contributed by atoms with Crippen LogP contribution in [-0.4, -0.2) is 5.54 Å². The molecule has 1 aromatic carbocycles. The topological polar surface area (TPSA) is 38.0 Å². The summed E-state index contributed by atoms with van der Waals surface area (Å²) in [5.41, 5.74) is 4.92. The van der Waals surface area contributed by atoms with Gasteiger partial charge in [0.25, 0.3) is 0 Å². The molecule has 0 heterocycles. The summed E-state index contributed by atoms with van der Waals surface area (Å²) in [5, 5.41) is 0. The molecule has 3 aliphatic carbocycles. The van der Waals surface area contributed by atoms with Crippen LogP contribution in [0.4, 0.5) is 4.39 Å². The van der Waals surface area contributed by atoms with E-state index in [-0.39, 0.29) is 16.8 Å². The van der Waals surface area contributed by atoms with Crippen molar-refractivity contribution in [3.63, 3.8) is 0 Å². The van der Waals surface area contributed by atoms with Crippen molar-refractivity contribution in [2.75, 3.05) is 0 Å². The summed E-state index contributed by atoms with van der Waals surface area (Å²) in [5.74, 6) is 5.41. The molecule has 3 saturated carbocycles. The monoisotopic (exact) mass is 206 g/mol. The van der Waals surface area contributed by atoms with Crippen LogP contribution >= 0.6 is 0 Å². The molecule has 3 heteroatoms. The average Bonchev–Trinajstić information content (AvgIpc) is 2.04. The molecule has 0 unspecified atom stereocenters. The van der Waals surface area contributed by atoms with Crippen molar-refractivity contribution < 1.29 is 4.39 Å². The Morgan fingerprint density at radius 1 is 1.33 bits per heavy atom. The van der Waals surface area contributed by atoms with E-state index in [1.165, 1.54) is 0 Å². The molecule has 0 aromatic heterocycles. The molecular weight excluding hydrogens is 191 g/mol. The van der Waals surface area contributed by atoms with Crippen LogP contribution < -0.4 is 11.3 Å². The summed E-state index contributed by atoms with van der Waals surface area (Å²) >= 11 is 0. The molecule has 2 nitrogen and oxygen atoms in total. The smallest absolute Gasteiger partial charge is 0.127 e. The van der Waals surface area contributed by atoms with E-state index in [2.05, 4.69) is 5.43 Å². The third kappa shape index (κ3) is 1.05. The number of rotatable bonds is 2. The minimum atomic E-state index is -0.0553. The molecule has 80 valence electrons. The number of nitrogens with one attached hydrogen (secondary N) is 1. The molecule has 1 aromatic rings. The summed E-state index contributed by atoms with van der Waals surface area (Å²) in [6.07, 6.45) is 2.95. The van der Waals surface area contributed by atoms with Crippen molar-refractivity contribution in [2.45, 2.75) is 37.1 Å². The Bertz CT molecular complexity index is 408. The van der Waals surface area contributed by atoms with Gasteiger partial charge in [-0.1, -0.05) is 12.1 Å². The van der Waals surface area contributed by atoms with E-state index in [1.54, 1.807) is 6.07 Å². The molecule has 3 fully saturated rings. The maximum Gasteiger partial charge on any atom is 0.127 e. The summed E-state index contributed by atoms with van der Waals surface area (Å²) in [6.45, 7) is 1.91. The van der Waals surface area contributed by atoms with E-state index in [4.69, 9.17) is 5.84 Å². The highest BCUT2D eigenvalue weighted by molar-refractivity contribution is 5.43. The lowest BCUT2D eigenvalue weighted by atomic mass is 9.37. The molecule has 0 saturated heterocycles. The molecule has 15 heavy (non-hydrogen) atoms. The highest BCUT2D eigenvalue weighted by Gasteiger charge is 2.68. The van der Waals surface area contributed by atoms with Gasteiger partial charge in [-0.2, -0.15) is 0 Å². The van der Waals surface area contributed by atoms with E-state index in [0.29, 0.717) is 0 Å². The fraction of sp³-hybridized carbons (Fsp3) is 0.500. The number of hydrazine groups is 1. The largest absolute Gasteiger partial charge is 0.271 e. The highest BCUT2D eigenvalue weighted by Crippen LogP contribution is 2.67. The second-order valence-corrected chi connectivity index (χ2v) is 5.22. The second-order valence-electron chi connectivity index (χ2n) is 5.22. The van der Waals surface area contributed by atoms with Gasteiger partial charge in [0.2, 0.25) is 0 Å². The van der Waals surface area contributed by atoms with Gasteiger partial charge in [0.05, 0.1) is 0 Å². The summed E-state index contributed by atoms with van der Waals surface area (Å²) in [7, 11) is 0. The standard InChI is InChI=1S/C12H15FN2/c1-8-2-3-9(10(13)4-8)11-5-12(6-11,7-11)15-14/h2-4,15H,5-7,14H2,1H3. The molecular formula is C12H15FN2. The predicted molar refractivity (Wildman–Crippen MR) is 56.7 cm³/mol. The minimum Gasteiger partial charge on any atom is -0.271 e. The molecule has 0 radical (unpaired) electrons. The summed E-state index contributed by atoms with van der Waals surface area (Å²) in [6, 6.07) is 5.55. The Morgan fingerprint density at radius 3 is 2.53 bits per heavy atom. The third-order valence-corrected chi connectivity index (χ3v) is 4.03. The fourth-order valence-electron chi connectivity index (χ4n) is 3.28. The van der Waals surface area contributed by atoms with Crippen molar-refractivity contribution in [2.24, 2.45) is 5.84 Å². The van der Waals surface area contributed by atoms with Crippen molar-refractivity contribution in [3.05, 3.63) is 35.1 Å². The van der Waals surface area contributed by atoms with Crippen molar-refractivity contribution >= 4 is 0 Å². The van der Waals surface area contributed by atoms with Crippen LogP contribution in [-0.2, 0) is 5.41 Å². The van der Waals surface area contributed by atoms with Crippen LogP contribution in [0.25, 0.3) is 0 Å². The van der Waals surface area contributed by atoms with Crippen LogP contribution in [0.5, 0.6) is 0 Å². The number of nitrogens with two attached hydrogens (primary N) is 1. The number of hydrogen-bond acceptors (Lipinski definition) is 2. The Balaban J connectivity index is 1.91. The first-order valence-corrected chi connectivity index (χ1v) is 5.34. The van der Waals surface area contributed by atoms with E-state index in [1.807, 2.05) is 19.1 Å². The average molecular weight is 206 g/mol. The third-order valence-electron chi connectivity index (χ3n) is 4.03. The van der Waals surface area contributed by atoms with Gasteiger partial charge in [-0.05, 0) is 43.4 Å². The van der Waals surface area contributed by atoms with Gasteiger partial charge < -0.3 is 0 Å². The maximum absolute atomic E-state index is 13.8. The van der Waals surface area contributed by atoms with Gasteiger partial charge in [0.15, 0.2) is 0 Å². The Labute approximate surface area is 88.6 Å². The van der Waals surface area contributed by atoms with E-state index in [9.17, 15) is 4.39 Å². The van der Waals surface area contributed by atoms with Crippen LogP contribution in [0, 0.1) is 12.7 Å². The van der Waals surface area contributed by atoms with Gasteiger partial charge in [-0.25, -0.2) is 4.39 Å². The van der Waals surface area contributed by atoms with E-state index < -0.39 is 0 Å². The Morgan fingerprint density at radius 2 is 2.00 bits per heavy atom. The van der Waals surface area contributed by atoms with Crippen molar-refractivity contribution in [1.29, 1.82) is 0 Å². The first-order chi connectivity index (χ1) is 7.09. The van der Waals surface area contributed by atoms with E-state index >= 15 is 0 Å². The minimum absolute atomic E-state index is 0.0553.